The van der Waals surface area contributed by atoms with Crippen molar-refractivity contribution in [1.29, 1.82) is 0 Å². The van der Waals surface area contributed by atoms with Gasteiger partial charge in [-0.15, -0.1) is 6.58 Å². The van der Waals surface area contributed by atoms with E-state index in [1.54, 1.807) is 57.3 Å². The first-order valence-electron chi connectivity index (χ1n) is 18.0. The van der Waals surface area contributed by atoms with Crippen LogP contribution < -0.4 is 9.47 Å². The lowest BCUT2D eigenvalue weighted by Crippen LogP contribution is -2.75. The molecule has 3 saturated heterocycles. The van der Waals surface area contributed by atoms with Crippen LogP contribution >= 0.6 is 0 Å². The largest absolute Gasteiger partial charge is 0.508 e. The number of hydrogen-bond donors (Lipinski definition) is 1. The number of piperazine rings is 1. The highest BCUT2D eigenvalue weighted by molar-refractivity contribution is 5.92. The molecular weight excluding hydrogens is 646 g/mol. The van der Waals surface area contributed by atoms with Gasteiger partial charge in [-0.3, -0.25) is 19.3 Å². The summed E-state index contributed by atoms with van der Waals surface area (Å²) in [5.74, 6) is 0.705. The number of nitrogens with zero attached hydrogens (tertiary/aromatic N) is 5. The van der Waals surface area contributed by atoms with Crippen molar-refractivity contribution in [3.05, 3.63) is 102 Å². The lowest BCUT2D eigenvalue weighted by molar-refractivity contribution is -0.205. The summed E-state index contributed by atoms with van der Waals surface area (Å²) < 4.78 is 12.1. The first kappa shape index (κ1) is 35.9. The van der Waals surface area contributed by atoms with Crippen LogP contribution in [0.2, 0.25) is 0 Å². The zero-order valence-electron chi connectivity index (χ0n) is 29.5. The second-order valence-electron chi connectivity index (χ2n) is 13.4. The Balaban J connectivity index is 1.31. The highest BCUT2D eigenvalue weighted by Crippen LogP contribution is 2.35. The number of aromatic hydroxyl groups is 1. The van der Waals surface area contributed by atoms with Gasteiger partial charge in [0.2, 0.25) is 17.7 Å². The molecule has 3 aromatic rings. The summed E-state index contributed by atoms with van der Waals surface area (Å²) in [7, 11) is 1.61. The zero-order chi connectivity index (χ0) is 35.7. The number of phenols is 1. The van der Waals surface area contributed by atoms with Crippen molar-refractivity contribution in [2.75, 3.05) is 53.0 Å². The molecule has 0 aromatic heterocycles. The van der Waals surface area contributed by atoms with Gasteiger partial charge in [-0.25, -0.2) is 10.0 Å². The van der Waals surface area contributed by atoms with E-state index in [2.05, 4.69) is 11.5 Å². The molecule has 0 saturated carbocycles. The van der Waals surface area contributed by atoms with Crippen LogP contribution in [0.15, 0.2) is 85.5 Å². The number of amides is 3. The zero-order valence-corrected chi connectivity index (χ0v) is 29.5. The average molecular weight is 696 g/mol. The molecule has 0 spiro atoms. The molecule has 0 radical (unpaired) electrons. The van der Waals surface area contributed by atoms with E-state index in [1.807, 2.05) is 48.5 Å². The summed E-state index contributed by atoms with van der Waals surface area (Å²) in [4.78, 5) is 48.5. The van der Waals surface area contributed by atoms with Crippen LogP contribution in [-0.2, 0) is 33.8 Å². The predicted octanol–water partition coefficient (Wildman–Crippen LogP) is 4.25. The third-order valence-corrected chi connectivity index (χ3v) is 10.0. The van der Waals surface area contributed by atoms with Crippen molar-refractivity contribution in [3.63, 3.8) is 0 Å². The summed E-state index contributed by atoms with van der Waals surface area (Å²) in [6.07, 6.45) is 5.60. The topological polar surface area (TPSA) is 106 Å². The van der Waals surface area contributed by atoms with Gasteiger partial charge in [0.25, 0.3) is 0 Å². The van der Waals surface area contributed by atoms with Crippen LogP contribution in [0.5, 0.6) is 17.2 Å². The Hall–Kier alpha value is -4.87. The minimum atomic E-state index is -0.870. The summed E-state index contributed by atoms with van der Waals surface area (Å²) in [5, 5.41) is 13.4. The van der Waals surface area contributed by atoms with Gasteiger partial charge in [-0.05, 0) is 61.7 Å². The highest BCUT2D eigenvalue weighted by Gasteiger charge is 2.51. The van der Waals surface area contributed by atoms with Crippen LogP contribution in [-0.4, -0.2) is 113 Å². The lowest BCUT2D eigenvalue weighted by Gasteiger charge is -2.55. The molecule has 11 heteroatoms. The number of aryl methyl sites for hydroxylation is 1. The summed E-state index contributed by atoms with van der Waals surface area (Å²) in [5.41, 5.74) is 2.62. The number of para-hydroxylation sites is 1. The molecule has 3 fully saturated rings. The number of ether oxygens (including phenoxy) is 2. The molecule has 3 aliphatic rings. The number of fused-ring (bicyclic) bond motifs is 1. The van der Waals surface area contributed by atoms with Crippen molar-refractivity contribution >= 4 is 17.7 Å². The van der Waals surface area contributed by atoms with E-state index in [9.17, 15) is 19.5 Å². The van der Waals surface area contributed by atoms with Gasteiger partial charge in [0, 0.05) is 38.0 Å². The number of methoxy groups -OCH3 is 1. The summed E-state index contributed by atoms with van der Waals surface area (Å²) >= 11 is 0. The number of rotatable bonds is 14. The molecule has 3 amide bonds. The molecule has 3 aliphatic heterocycles. The summed E-state index contributed by atoms with van der Waals surface area (Å²) in [6, 6.07) is 21.3. The third kappa shape index (κ3) is 8.54. The normalized spacial score (nSPS) is 19.9. The van der Waals surface area contributed by atoms with E-state index in [4.69, 9.17) is 9.47 Å². The summed E-state index contributed by atoms with van der Waals surface area (Å²) in [6.45, 7) is 7.87. The van der Waals surface area contributed by atoms with E-state index in [1.165, 1.54) is 19.3 Å². The van der Waals surface area contributed by atoms with Crippen LogP contribution in [0.3, 0.4) is 0 Å². The van der Waals surface area contributed by atoms with Gasteiger partial charge < -0.3 is 24.4 Å². The number of benzene rings is 3. The Labute approximate surface area is 300 Å². The number of piperidine rings is 1. The van der Waals surface area contributed by atoms with Crippen LogP contribution in [0.4, 0.5) is 0 Å². The number of likely N-dealkylation sites (tertiary alicyclic amines) is 1. The second kappa shape index (κ2) is 16.9. The van der Waals surface area contributed by atoms with E-state index >= 15 is 0 Å². The monoisotopic (exact) mass is 695 g/mol. The average Bonchev–Trinajstić information content (AvgIpc) is 3.14. The predicted molar refractivity (Wildman–Crippen MR) is 194 cm³/mol. The second-order valence-corrected chi connectivity index (χ2v) is 13.4. The van der Waals surface area contributed by atoms with Crippen LogP contribution in [0.25, 0.3) is 0 Å². The van der Waals surface area contributed by atoms with Crippen molar-refractivity contribution in [2.45, 2.75) is 57.3 Å². The van der Waals surface area contributed by atoms with Crippen molar-refractivity contribution < 1.29 is 29.0 Å². The lowest BCUT2D eigenvalue weighted by atomic mass is 9.98. The fourth-order valence-corrected chi connectivity index (χ4v) is 7.45. The molecule has 270 valence electrons. The molecule has 0 bridgehead atoms. The highest BCUT2D eigenvalue weighted by atomic mass is 16.5. The van der Waals surface area contributed by atoms with Gasteiger partial charge in [-0.2, -0.15) is 0 Å². The Morgan fingerprint density at radius 1 is 0.961 bits per heavy atom. The molecule has 3 aromatic carbocycles. The van der Waals surface area contributed by atoms with Gasteiger partial charge >= 0.3 is 0 Å². The van der Waals surface area contributed by atoms with Crippen molar-refractivity contribution in [3.8, 4) is 17.2 Å². The first-order valence-corrected chi connectivity index (χ1v) is 18.0. The quantitative estimate of drug-likeness (QED) is 0.250. The fourth-order valence-electron chi connectivity index (χ4n) is 7.45. The molecule has 1 N–H and O–H groups in total. The molecular formula is C40H49N5O6. The molecule has 3 heterocycles. The Bertz CT molecular complexity index is 1660. The molecule has 51 heavy (non-hydrogen) atoms. The molecule has 11 nitrogen and oxygen atoms in total. The standard InChI is InChI=1S/C40H49N5O6/c1-3-21-43-29-38(48)44-34(26-31-15-18-33(46)19-16-31)40(49)42(28-36(44)45(43)37(47)20-17-30-11-6-4-7-12-30)27-32-13-10-14-35(50-2)39(32)51-25-24-41-22-8-5-9-23-41/h3-4,6-7,10-16,18-19,34,36,46H,1,5,8-9,17,20-29H2,2H3/t34-,36-/m0/s1. The van der Waals surface area contributed by atoms with E-state index in [0.717, 1.165) is 36.3 Å². The Morgan fingerprint density at radius 3 is 2.45 bits per heavy atom. The molecule has 2 atom stereocenters. The minimum absolute atomic E-state index is 0.0517. The molecule has 0 unspecified atom stereocenters. The maximum absolute atomic E-state index is 14.6. The minimum Gasteiger partial charge on any atom is -0.508 e. The number of carbonyl (C=O) groups is 3. The number of phenolic OH excluding ortho intramolecular Hbond substituents is 1. The molecule has 6 rings (SSSR count). The van der Waals surface area contributed by atoms with Crippen LogP contribution in [0.1, 0.15) is 42.4 Å². The van der Waals surface area contributed by atoms with E-state index < -0.39 is 12.2 Å². The van der Waals surface area contributed by atoms with E-state index in [-0.39, 0.29) is 55.9 Å². The maximum Gasteiger partial charge on any atom is 0.246 e. The number of hydrogen-bond acceptors (Lipinski definition) is 8. The van der Waals surface area contributed by atoms with Gasteiger partial charge in [0.05, 0.1) is 20.2 Å². The first-order chi connectivity index (χ1) is 24.9. The Morgan fingerprint density at radius 2 is 1.73 bits per heavy atom. The van der Waals surface area contributed by atoms with Gasteiger partial charge in [-0.1, -0.05) is 67.1 Å². The van der Waals surface area contributed by atoms with E-state index in [0.29, 0.717) is 31.1 Å². The van der Waals surface area contributed by atoms with Gasteiger partial charge in [0.15, 0.2) is 11.5 Å². The van der Waals surface area contributed by atoms with Crippen LogP contribution in [0, 0.1) is 0 Å². The fraction of sp³-hybridized carbons (Fsp3) is 0.425. The maximum atomic E-state index is 14.6. The molecule has 0 aliphatic carbocycles. The third-order valence-electron chi connectivity index (χ3n) is 10.0. The van der Waals surface area contributed by atoms with Crippen molar-refractivity contribution in [2.24, 2.45) is 0 Å². The SMILES string of the molecule is C=CCN1CC(=O)N2[C@@H](Cc3ccc(O)cc3)C(=O)N(Cc3cccc(OC)c3OCCN3CCCCC3)C[C@@H]2N1C(=O)CCc1ccccc1. The van der Waals surface area contributed by atoms with Gasteiger partial charge in [0.1, 0.15) is 24.6 Å². The smallest absolute Gasteiger partial charge is 0.246 e. The Kier molecular flexibility index (Phi) is 11.9. The number of hydrazine groups is 1. The van der Waals surface area contributed by atoms with Crippen molar-refractivity contribution in [1.82, 2.24) is 24.7 Å². The number of carbonyl (C=O) groups excluding carboxylic acids is 3.